The van der Waals surface area contributed by atoms with Gasteiger partial charge in [-0.15, -0.1) is 0 Å². The second kappa shape index (κ2) is 7.63. The Bertz CT molecular complexity index is 663. The third kappa shape index (κ3) is 4.16. The van der Waals surface area contributed by atoms with Crippen molar-refractivity contribution in [1.29, 1.82) is 0 Å². The number of likely N-dealkylation sites (tertiary alicyclic amines) is 2. The summed E-state index contributed by atoms with van der Waals surface area (Å²) in [6.07, 6.45) is 1.25. The van der Waals surface area contributed by atoms with Crippen LogP contribution in [0.1, 0.15) is 19.8 Å². The lowest BCUT2D eigenvalue weighted by molar-refractivity contribution is -0.146. The van der Waals surface area contributed by atoms with E-state index in [4.69, 9.17) is 4.74 Å². The molecule has 2 aliphatic heterocycles. The van der Waals surface area contributed by atoms with E-state index < -0.39 is 5.60 Å². The second-order valence-electron chi connectivity index (χ2n) is 7.28. The van der Waals surface area contributed by atoms with Crippen LogP contribution in [0.15, 0.2) is 24.3 Å². The van der Waals surface area contributed by atoms with Gasteiger partial charge in [-0.2, -0.15) is 0 Å². The fourth-order valence-electron chi connectivity index (χ4n) is 3.88. The maximum absolute atomic E-state index is 12.3. The molecule has 2 saturated heterocycles. The highest BCUT2D eigenvalue weighted by atomic mass is 16.5. The van der Waals surface area contributed by atoms with Crippen LogP contribution >= 0.6 is 0 Å². The molecule has 2 fully saturated rings. The summed E-state index contributed by atoms with van der Waals surface area (Å²) in [5.41, 5.74) is 0.0132. The van der Waals surface area contributed by atoms with Gasteiger partial charge in [-0.3, -0.25) is 14.5 Å². The van der Waals surface area contributed by atoms with Crippen molar-refractivity contribution in [3.8, 4) is 5.75 Å². The molecule has 0 spiro atoms. The van der Waals surface area contributed by atoms with Crippen molar-refractivity contribution in [2.24, 2.45) is 5.92 Å². The number of methoxy groups -OCH3 is 1. The average molecular weight is 361 g/mol. The van der Waals surface area contributed by atoms with Crippen LogP contribution in [0.4, 0.5) is 5.69 Å². The number of nitrogens with zero attached hydrogens (tertiary/aromatic N) is 2. The number of anilines is 1. The first-order valence-electron chi connectivity index (χ1n) is 9.04. The van der Waals surface area contributed by atoms with Gasteiger partial charge in [-0.1, -0.05) is 0 Å². The van der Waals surface area contributed by atoms with Crippen LogP contribution in [0.3, 0.4) is 0 Å². The van der Waals surface area contributed by atoms with Gasteiger partial charge >= 0.3 is 0 Å². The molecular weight excluding hydrogens is 334 g/mol. The van der Waals surface area contributed by atoms with E-state index in [0.717, 1.165) is 11.4 Å². The summed E-state index contributed by atoms with van der Waals surface area (Å²) >= 11 is 0. The van der Waals surface area contributed by atoms with Crippen molar-refractivity contribution >= 4 is 17.5 Å². The molecular formula is C19H27N3O4. The van der Waals surface area contributed by atoms with Crippen molar-refractivity contribution in [3.05, 3.63) is 24.3 Å². The van der Waals surface area contributed by atoms with Crippen LogP contribution in [0, 0.1) is 5.92 Å². The molecule has 3 rings (SSSR count). The lowest BCUT2D eigenvalue weighted by Crippen LogP contribution is -2.61. The predicted molar refractivity (Wildman–Crippen MR) is 98.0 cm³/mol. The molecule has 2 amide bonds. The summed E-state index contributed by atoms with van der Waals surface area (Å²) in [5, 5.41) is 13.7. The molecule has 1 aromatic carbocycles. The molecule has 0 saturated carbocycles. The zero-order chi connectivity index (χ0) is 18.7. The second-order valence-corrected chi connectivity index (χ2v) is 7.28. The third-order valence-electron chi connectivity index (χ3n) is 5.54. The van der Waals surface area contributed by atoms with Crippen LogP contribution in [-0.2, 0) is 9.59 Å². The number of fused-ring (bicyclic) bond motifs is 1. The maximum Gasteiger partial charge on any atom is 0.238 e. The third-order valence-corrected chi connectivity index (χ3v) is 5.54. The summed E-state index contributed by atoms with van der Waals surface area (Å²) in [6, 6.07) is 7.21. The maximum atomic E-state index is 12.3. The first-order chi connectivity index (χ1) is 12.4. The number of aliphatic hydroxyl groups is 1. The molecule has 0 bridgehead atoms. The van der Waals surface area contributed by atoms with Gasteiger partial charge in [0.25, 0.3) is 0 Å². The first-order valence-corrected chi connectivity index (χ1v) is 9.04. The number of piperidine rings is 2. The smallest absolute Gasteiger partial charge is 0.238 e. The summed E-state index contributed by atoms with van der Waals surface area (Å²) in [4.78, 5) is 27.8. The molecule has 1 aromatic rings. The number of ether oxygens (including phenoxy) is 1. The van der Waals surface area contributed by atoms with Gasteiger partial charge in [-0.05, 0) is 37.1 Å². The Hall–Kier alpha value is -2.12. The highest BCUT2D eigenvalue weighted by Gasteiger charge is 2.45. The molecule has 2 aliphatic rings. The zero-order valence-corrected chi connectivity index (χ0v) is 15.4. The van der Waals surface area contributed by atoms with E-state index in [1.807, 2.05) is 0 Å². The number of nitrogens with one attached hydrogen (secondary N) is 1. The van der Waals surface area contributed by atoms with Gasteiger partial charge in [0, 0.05) is 44.7 Å². The van der Waals surface area contributed by atoms with Gasteiger partial charge < -0.3 is 20.1 Å². The predicted octanol–water partition coefficient (Wildman–Crippen LogP) is 0.939. The Labute approximate surface area is 153 Å². The normalized spacial score (nSPS) is 26.1. The number of carbonyl (C=O) groups is 2. The minimum atomic E-state index is -0.713. The Morgan fingerprint density at radius 3 is 2.58 bits per heavy atom. The van der Waals surface area contributed by atoms with E-state index in [2.05, 4.69) is 10.2 Å². The number of benzene rings is 1. The van der Waals surface area contributed by atoms with Crippen molar-refractivity contribution in [2.45, 2.75) is 25.4 Å². The van der Waals surface area contributed by atoms with Crippen molar-refractivity contribution in [3.63, 3.8) is 0 Å². The SMILES string of the molecule is COc1ccc(NC(=O)CN2CC[C@@]3(O)CCN(C(C)=O)C[C@H]3C2)cc1. The fraction of sp³-hybridized carbons (Fsp3) is 0.579. The molecule has 2 N–H and O–H groups in total. The Morgan fingerprint density at radius 1 is 1.23 bits per heavy atom. The van der Waals surface area contributed by atoms with Gasteiger partial charge in [0.2, 0.25) is 11.8 Å². The molecule has 0 radical (unpaired) electrons. The molecule has 2 atom stereocenters. The monoisotopic (exact) mass is 361 g/mol. The molecule has 0 unspecified atom stereocenters. The number of hydrogen-bond acceptors (Lipinski definition) is 5. The summed E-state index contributed by atoms with van der Waals surface area (Å²) in [5.74, 6) is 0.689. The van der Waals surface area contributed by atoms with E-state index >= 15 is 0 Å². The Kier molecular flexibility index (Phi) is 5.48. The van der Waals surface area contributed by atoms with Crippen LogP contribution < -0.4 is 10.1 Å². The van der Waals surface area contributed by atoms with Crippen LogP contribution in [0.2, 0.25) is 0 Å². The van der Waals surface area contributed by atoms with E-state index in [1.54, 1.807) is 43.2 Å². The Morgan fingerprint density at radius 2 is 1.92 bits per heavy atom. The van der Waals surface area contributed by atoms with Gasteiger partial charge in [0.1, 0.15) is 5.75 Å². The number of rotatable bonds is 4. The van der Waals surface area contributed by atoms with Gasteiger partial charge in [-0.25, -0.2) is 0 Å². The molecule has 7 nitrogen and oxygen atoms in total. The molecule has 2 heterocycles. The molecule has 7 heteroatoms. The first kappa shape index (κ1) is 18.7. The van der Waals surface area contributed by atoms with E-state index in [9.17, 15) is 14.7 Å². The molecule has 142 valence electrons. The average Bonchev–Trinajstić information content (AvgIpc) is 2.62. The number of amides is 2. The van der Waals surface area contributed by atoms with E-state index in [0.29, 0.717) is 39.0 Å². The fourth-order valence-corrected chi connectivity index (χ4v) is 3.88. The van der Waals surface area contributed by atoms with E-state index in [1.165, 1.54) is 0 Å². The largest absolute Gasteiger partial charge is 0.497 e. The highest BCUT2D eigenvalue weighted by Crippen LogP contribution is 2.35. The van der Waals surface area contributed by atoms with E-state index in [-0.39, 0.29) is 24.3 Å². The lowest BCUT2D eigenvalue weighted by atomic mass is 9.75. The number of hydrogen-bond donors (Lipinski definition) is 2. The molecule has 0 aliphatic carbocycles. The minimum Gasteiger partial charge on any atom is -0.497 e. The van der Waals surface area contributed by atoms with Gasteiger partial charge in [0.05, 0.1) is 19.3 Å². The van der Waals surface area contributed by atoms with Gasteiger partial charge in [0.15, 0.2) is 0 Å². The lowest BCUT2D eigenvalue weighted by Gasteiger charge is -2.50. The van der Waals surface area contributed by atoms with Crippen molar-refractivity contribution in [1.82, 2.24) is 9.80 Å². The standard InChI is InChI=1S/C19H27N3O4/c1-14(23)22-10-8-19(25)7-9-21(11-15(19)12-22)13-18(24)20-16-3-5-17(26-2)6-4-16/h3-6,15,25H,7-13H2,1-2H3,(H,20,24)/t15-,19-/m1/s1. The van der Waals surface area contributed by atoms with Crippen molar-refractivity contribution < 1.29 is 19.4 Å². The van der Waals surface area contributed by atoms with Crippen molar-refractivity contribution in [2.75, 3.05) is 45.2 Å². The Balaban J connectivity index is 1.55. The summed E-state index contributed by atoms with van der Waals surface area (Å²) in [7, 11) is 1.60. The van der Waals surface area contributed by atoms with Crippen LogP contribution in [0.25, 0.3) is 0 Å². The summed E-state index contributed by atoms with van der Waals surface area (Å²) in [6.45, 7) is 4.31. The zero-order valence-electron chi connectivity index (χ0n) is 15.4. The minimum absolute atomic E-state index is 0.0114. The van der Waals surface area contributed by atoms with Crippen LogP contribution in [0.5, 0.6) is 5.75 Å². The summed E-state index contributed by atoms with van der Waals surface area (Å²) < 4.78 is 5.11. The highest BCUT2D eigenvalue weighted by molar-refractivity contribution is 5.92. The quantitative estimate of drug-likeness (QED) is 0.834. The topological polar surface area (TPSA) is 82.1 Å². The number of carbonyl (C=O) groups excluding carboxylic acids is 2. The molecule has 0 aromatic heterocycles. The van der Waals surface area contributed by atoms with Crippen LogP contribution in [-0.4, -0.2) is 72.2 Å². The molecule has 26 heavy (non-hydrogen) atoms.